The van der Waals surface area contributed by atoms with Crippen molar-refractivity contribution >= 4 is 15.9 Å². The van der Waals surface area contributed by atoms with E-state index in [1.54, 1.807) is 0 Å². The summed E-state index contributed by atoms with van der Waals surface area (Å²) in [6, 6.07) is 9.60. The van der Waals surface area contributed by atoms with Crippen molar-refractivity contribution in [2.75, 3.05) is 18.8 Å². The van der Waals surface area contributed by atoms with Crippen LogP contribution in [-0.2, 0) is 21.2 Å². The highest BCUT2D eigenvalue weighted by molar-refractivity contribution is 7.89. The van der Waals surface area contributed by atoms with Crippen molar-refractivity contribution in [1.82, 2.24) is 9.62 Å². The number of likely N-dealkylation sites (tertiary alicyclic amines) is 1. The molecule has 1 N–H and O–H groups in total. The van der Waals surface area contributed by atoms with Crippen molar-refractivity contribution in [2.45, 2.75) is 38.1 Å². The van der Waals surface area contributed by atoms with E-state index in [0.717, 1.165) is 18.4 Å². The van der Waals surface area contributed by atoms with Gasteiger partial charge in [0.2, 0.25) is 15.9 Å². The summed E-state index contributed by atoms with van der Waals surface area (Å²) >= 11 is 0. The molecule has 1 aliphatic carbocycles. The smallest absolute Gasteiger partial charge is 0.225 e. The van der Waals surface area contributed by atoms with Gasteiger partial charge in [-0.05, 0) is 37.7 Å². The Morgan fingerprint density at radius 3 is 2.35 bits per heavy atom. The molecule has 6 heteroatoms. The Kier molecular flexibility index (Phi) is 5.02. The van der Waals surface area contributed by atoms with Crippen molar-refractivity contribution in [3.63, 3.8) is 0 Å². The molecule has 0 radical (unpaired) electrons. The van der Waals surface area contributed by atoms with E-state index >= 15 is 0 Å². The molecule has 1 saturated heterocycles. The number of piperidine rings is 1. The maximum atomic E-state index is 12.2. The molecule has 2 fully saturated rings. The van der Waals surface area contributed by atoms with Gasteiger partial charge in [0.05, 0.1) is 5.75 Å². The van der Waals surface area contributed by atoms with Gasteiger partial charge in [0.15, 0.2) is 0 Å². The molecule has 0 unspecified atom stereocenters. The lowest BCUT2D eigenvalue weighted by molar-refractivity contribution is -0.133. The van der Waals surface area contributed by atoms with Crippen molar-refractivity contribution < 1.29 is 13.2 Å². The fourth-order valence-corrected chi connectivity index (χ4v) is 4.38. The number of nitrogens with zero attached hydrogens (tertiary/aromatic N) is 1. The molecule has 0 spiro atoms. The first-order chi connectivity index (χ1) is 11.0. The van der Waals surface area contributed by atoms with Gasteiger partial charge in [-0.1, -0.05) is 30.3 Å². The summed E-state index contributed by atoms with van der Waals surface area (Å²) in [6.45, 7) is 1.34. The molecule has 1 amide bonds. The number of amides is 1. The minimum absolute atomic E-state index is 0.0426. The molecule has 0 bridgehead atoms. The minimum Gasteiger partial charge on any atom is -0.342 e. The van der Waals surface area contributed by atoms with Gasteiger partial charge in [0, 0.05) is 25.0 Å². The monoisotopic (exact) mass is 336 g/mol. The van der Waals surface area contributed by atoms with Gasteiger partial charge >= 0.3 is 0 Å². The topological polar surface area (TPSA) is 66.5 Å². The number of nitrogens with one attached hydrogen (secondary N) is 1. The molecule has 1 aromatic rings. The van der Waals surface area contributed by atoms with Crippen LogP contribution in [0.5, 0.6) is 0 Å². The van der Waals surface area contributed by atoms with Crippen LogP contribution in [0.2, 0.25) is 0 Å². The predicted octanol–water partition coefficient (Wildman–Crippen LogP) is 1.55. The molecule has 5 nitrogen and oxygen atoms in total. The summed E-state index contributed by atoms with van der Waals surface area (Å²) < 4.78 is 27.2. The van der Waals surface area contributed by atoms with Gasteiger partial charge in [-0.25, -0.2) is 13.1 Å². The lowest BCUT2D eigenvalue weighted by Gasteiger charge is -2.32. The fourth-order valence-electron chi connectivity index (χ4n) is 3.02. The molecule has 0 atom stereocenters. The fraction of sp³-hybridized carbons (Fsp3) is 0.588. The number of carbonyl (C=O) groups is 1. The molecule has 1 aliphatic heterocycles. The van der Waals surface area contributed by atoms with E-state index in [-0.39, 0.29) is 23.6 Å². The molecule has 23 heavy (non-hydrogen) atoms. The van der Waals surface area contributed by atoms with Gasteiger partial charge in [-0.15, -0.1) is 0 Å². The number of aryl methyl sites for hydroxylation is 1. The van der Waals surface area contributed by atoms with E-state index in [9.17, 15) is 13.2 Å². The summed E-state index contributed by atoms with van der Waals surface area (Å²) in [5.41, 5.74) is 1.03. The molecule has 0 aromatic heterocycles. The Bertz CT molecular complexity index is 633. The first-order valence-corrected chi connectivity index (χ1v) is 10.0. The van der Waals surface area contributed by atoms with Crippen LogP contribution in [-0.4, -0.2) is 44.1 Å². The lowest BCUT2D eigenvalue weighted by atomic mass is 10.1. The predicted molar refractivity (Wildman–Crippen MR) is 89.4 cm³/mol. The zero-order chi connectivity index (χ0) is 16.3. The second-order valence-corrected chi connectivity index (χ2v) is 8.42. The molecule has 126 valence electrons. The SMILES string of the molecule is O=C(C1CC1)N1CCC(NS(=O)(=O)CCc2ccccc2)CC1. The van der Waals surface area contributed by atoms with Crippen LogP contribution < -0.4 is 4.72 Å². The molecular formula is C17H24N2O3S. The first kappa shape index (κ1) is 16.5. The van der Waals surface area contributed by atoms with Crippen LogP contribution >= 0.6 is 0 Å². The Labute approximate surface area is 138 Å². The summed E-state index contributed by atoms with van der Waals surface area (Å²) in [5.74, 6) is 0.614. The highest BCUT2D eigenvalue weighted by Gasteiger charge is 2.35. The van der Waals surface area contributed by atoms with Crippen molar-refractivity contribution in [2.24, 2.45) is 5.92 Å². The van der Waals surface area contributed by atoms with Crippen LogP contribution in [0.4, 0.5) is 0 Å². The minimum atomic E-state index is -3.27. The van der Waals surface area contributed by atoms with E-state index < -0.39 is 10.0 Å². The van der Waals surface area contributed by atoms with Gasteiger partial charge in [0.1, 0.15) is 0 Å². The normalized spacial score (nSPS) is 19.7. The summed E-state index contributed by atoms with van der Waals surface area (Å²) in [7, 11) is -3.27. The third kappa shape index (κ3) is 4.78. The highest BCUT2D eigenvalue weighted by Crippen LogP contribution is 2.31. The van der Waals surface area contributed by atoms with Gasteiger partial charge in [0.25, 0.3) is 0 Å². The van der Waals surface area contributed by atoms with Gasteiger partial charge < -0.3 is 4.90 Å². The second-order valence-electron chi connectivity index (χ2n) is 6.55. The number of sulfonamides is 1. The Morgan fingerprint density at radius 2 is 1.74 bits per heavy atom. The molecule has 2 aliphatic rings. The summed E-state index contributed by atoms with van der Waals surface area (Å²) in [6.07, 6.45) is 3.98. The van der Waals surface area contributed by atoms with E-state index in [1.807, 2.05) is 35.2 Å². The molecule has 3 rings (SSSR count). The molecule has 1 aromatic carbocycles. The maximum absolute atomic E-state index is 12.2. The largest absolute Gasteiger partial charge is 0.342 e. The van der Waals surface area contributed by atoms with E-state index in [2.05, 4.69) is 4.72 Å². The number of hydrogen-bond donors (Lipinski definition) is 1. The third-order valence-corrected chi connectivity index (χ3v) is 6.02. The second kappa shape index (κ2) is 7.01. The van der Waals surface area contributed by atoms with Crippen LogP contribution in [0, 0.1) is 5.92 Å². The summed E-state index contributed by atoms with van der Waals surface area (Å²) in [5, 5.41) is 0. The quantitative estimate of drug-likeness (QED) is 0.857. The van der Waals surface area contributed by atoms with Crippen molar-refractivity contribution in [3.8, 4) is 0 Å². The average Bonchev–Trinajstić information content (AvgIpc) is 3.39. The zero-order valence-corrected chi connectivity index (χ0v) is 14.1. The van der Waals surface area contributed by atoms with Crippen LogP contribution in [0.3, 0.4) is 0 Å². The van der Waals surface area contributed by atoms with Crippen molar-refractivity contribution in [3.05, 3.63) is 35.9 Å². The van der Waals surface area contributed by atoms with Crippen molar-refractivity contribution in [1.29, 1.82) is 0 Å². The molecule has 1 heterocycles. The number of hydrogen-bond acceptors (Lipinski definition) is 3. The van der Waals surface area contributed by atoms with E-state index in [4.69, 9.17) is 0 Å². The third-order valence-electron chi connectivity index (χ3n) is 4.58. The standard InChI is InChI=1S/C17H24N2O3S/c20-17(15-6-7-15)19-11-8-16(9-12-19)18-23(21,22)13-10-14-4-2-1-3-5-14/h1-5,15-16,18H,6-13H2. The first-order valence-electron chi connectivity index (χ1n) is 8.36. The van der Waals surface area contributed by atoms with E-state index in [1.165, 1.54) is 0 Å². The van der Waals surface area contributed by atoms with Gasteiger partial charge in [-0.3, -0.25) is 4.79 Å². The molecular weight excluding hydrogens is 312 g/mol. The molecule has 1 saturated carbocycles. The highest BCUT2D eigenvalue weighted by atomic mass is 32.2. The zero-order valence-electron chi connectivity index (χ0n) is 13.3. The number of carbonyl (C=O) groups excluding carboxylic acids is 1. The maximum Gasteiger partial charge on any atom is 0.225 e. The lowest BCUT2D eigenvalue weighted by Crippen LogP contribution is -2.47. The van der Waals surface area contributed by atoms with Crippen LogP contribution in [0.15, 0.2) is 30.3 Å². The Hall–Kier alpha value is -1.40. The Balaban J connectivity index is 1.44. The van der Waals surface area contributed by atoms with Crippen LogP contribution in [0.25, 0.3) is 0 Å². The number of rotatable bonds is 6. The van der Waals surface area contributed by atoms with Crippen LogP contribution in [0.1, 0.15) is 31.2 Å². The number of benzene rings is 1. The average molecular weight is 336 g/mol. The Morgan fingerprint density at radius 1 is 1.09 bits per heavy atom. The summed E-state index contributed by atoms with van der Waals surface area (Å²) in [4.78, 5) is 13.9. The van der Waals surface area contributed by atoms with E-state index in [0.29, 0.717) is 32.4 Å². The van der Waals surface area contributed by atoms with Gasteiger partial charge in [-0.2, -0.15) is 0 Å².